The minimum absolute atomic E-state index is 0.0711. The monoisotopic (exact) mass is 221 g/mol. The lowest BCUT2D eigenvalue weighted by Crippen LogP contribution is -2.42. The highest BCUT2D eigenvalue weighted by atomic mass is 16.2. The first-order chi connectivity index (χ1) is 7.57. The van der Waals surface area contributed by atoms with Crippen molar-refractivity contribution in [2.24, 2.45) is 0 Å². The molecular formula is C12H19N3O. The molecule has 0 aromatic heterocycles. The largest absolute Gasteiger partial charge is 0.335 e. The van der Waals surface area contributed by atoms with Gasteiger partial charge in [-0.15, -0.1) is 0 Å². The highest BCUT2D eigenvalue weighted by Gasteiger charge is 2.22. The molecule has 0 aromatic carbocycles. The Hall–Kier alpha value is -1.34. The second-order valence-corrected chi connectivity index (χ2v) is 4.33. The summed E-state index contributed by atoms with van der Waals surface area (Å²) in [5.41, 5.74) is 2.03. The van der Waals surface area contributed by atoms with E-state index in [1.165, 1.54) is 5.57 Å². The third-order valence-electron chi connectivity index (χ3n) is 2.88. The van der Waals surface area contributed by atoms with Crippen molar-refractivity contribution in [2.75, 3.05) is 19.6 Å². The molecule has 1 saturated heterocycles. The van der Waals surface area contributed by atoms with Crippen molar-refractivity contribution < 1.29 is 4.79 Å². The van der Waals surface area contributed by atoms with Crippen LogP contribution in [0.1, 0.15) is 27.2 Å². The first-order valence-electron chi connectivity index (χ1n) is 5.65. The maximum absolute atomic E-state index is 12.2. The highest BCUT2D eigenvalue weighted by molar-refractivity contribution is 5.94. The number of amides is 1. The van der Waals surface area contributed by atoms with Gasteiger partial charge in [0, 0.05) is 31.2 Å². The number of hydrogen-bond donors (Lipinski definition) is 1. The van der Waals surface area contributed by atoms with Gasteiger partial charge in [-0.1, -0.05) is 0 Å². The second-order valence-electron chi connectivity index (χ2n) is 4.33. The first-order valence-corrected chi connectivity index (χ1v) is 5.65. The zero-order chi connectivity index (χ0) is 12.1. The topological polar surface area (TPSA) is 56.1 Å². The number of nitrogens with one attached hydrogen (secondary N) is 1. The maximum Gasteiger partial charge on any atom is 0.249 e. The van der Waals surface area contributed by atoms with Crippen LogP contribution in [-0.2, 0) is 4.79 Å². The zero-order valence-electron chi connectivity index (χ0n) is 10.2. The van der Waals surface area contributed by atoms with E-state index >= 15 is 0 Å². The number of carbonyl (C=O) groups is 1. The number of carbonyl (C=O) groups excluding carboxylic acids is 1. The Labute approximate surface area is 96.9 Å². The minimum Gasteiger partial charge on any atom is -0.335 e. The van der Waals surface area contributed by atoms with E-state index in [1.807, 2.05) is 20.8 Å². The van der Waals surface area contributed by atoms with E-state index in [-0.39, 0.29) is 11.9 Å². The molecule has 1 rings (SSSR count). The average molecular weight is 221 g/mol. The van der Waals surface area contributed by atoms with Crippen LogP contribution in [0.4, 0.5) is 0 Å². The van der Waals surface area contributed by atoms with E-state index < -0.39 is 0 Å². The van der Waals surface area contributed by atoms with Gasteiger partial charge in [0.25, 0.3) is 0 Å². The molecule has 1 fully saturated rings. The number of nitriles is 1. The smallest absolute Gasteiger partial charge is 0.249 e. The predicted molar refractivity (Wildman–Crippen MR) is 62.6 cm³/mol. The van der Waals surface area contributed by atoms with E-state index in [0.717, 1.165) is 18.7 Å². The molecule has 4 nitrogen and oxygen atoms in total. The van der Waals surface area contributed by atoms with E-state index in [1.54, 1.807) is 4.90 Å². The van der Waals surface area contributed by atoms with Crippen LogP contribution < -0.4 is 5.32 Å². The van der Waals surface area contributed by atoms with Crippen molar-refractivity contribution >= 4 is 5.91 Å². The summed E-state index contributed by atoms with van der Waals surface area (Å²) in [5, 5.41) is 11.7. The zero-order valence-corrected chi connectivity index (χ0v) is 10.2. The van der Waals surface area contributed by atoms with Gasteiger partial charge in [-0.2, -0.15) is 5.26 Å². The Morgan fingerprint density at radius 1 is 1.56 bits per heavy atom. The Morgan fingerprint density at radius 3 is 2.56 bits per heavy atom. The standard InChI is InChI=1S/C12H19N3O/c1-9(2)15(6-4-5-13)12(16)10(3)11-7-14-8-11/h9,14H,4,6-8H2,1-3H3. The maximum atomic E-state index is 12.2. The second kappa shape index (κ2) is 5.66. The Morgan fingerprint density at radius 2 is 2.19 bits per heavy atom. The van der Waals surface area contributed by atoms with Gasteiger partial charge in [-0.3, -0.25) is 4.79 Å². The molecule has 1 amide bonds. The lowest BCUT2D eigenvalue weighted by Gasteiger charge is -2.29. The molecule has 0 aliphatic carbocycles. The molecule has 0 saturated carbocycles. The first kappa shape index (κ1) is 12.7. The van der Waals surface area contributed by atoms with Crippen LogP contribution in [0.5, 0.6) is 0 Å². The predicted octanol–water partition coefficient (Wildman–Crippen LogP) is 1.06. The van der Waals surface area contributed by atoms with Crippen LogP contribution in [0.3, 0.4) is 0 Å². The van der Waals surface area contributed by atoms with Crippen molar-refractivity contribution in [1.29, 1.82) is 5.26 Å². The van der Waals surface area contributed by atoms with Gasteiger partial charge >= 0.3 is 0 Å². The summed E-state index contributed by atoms with van der Waals surface area (Å²) in [6.07, 6.45) is 0.394. The summed E-state index contributed by atoms with van der Waals surface area (Å²) < 4.78 is 0. The fourth-order valence-corrected chi connectivity index (χ4v) is 1.65. The summed E-state index contributed by atoms with van der Waals surface area (Å²) in [6, 6.07) is 2.22. The molecule has 1 N–H and O–H groups in total. The fourth-order valence-electron chi connectivity index (χ4n) is 1.65. The molecule has 0 bridgehead atoms. The van der Waals surface area contributed by atoms with Crippen LogP contribution in [0.2, 0.25) is 0 Å². The highest BCUT2D eigenvalue weighted by Crippen LogP contribution is 2.14. The Balaban J connectivity index is 2.71. The average Bonchev–Trinajstić information content (AvgIpc) is 2.14. The fraction of sp³-hybridized carbons (Fsp3) is 0.667. The summed E-state index contributed by atoms with van der Waals surface area (Å²) >= 11 is 0. The Kier molecular flexibility index (Phi) is 4.51. The molecular weight excluding hydrogens is 202 g/mol. The van der Waals surface area contributed by atoms with Crippen LogP contribution in [0, 0.1) is 11.3 Å². The number of nitrogens with zero attached hydrogens (tertiary/aromatic N) is 2. The molecule has 0 spiro atoms. The van der Waals surface area contributed by atoms with Crippen LogP contribution >= 0.6 is 0 Å². The molecule has 1 aliphatic heterocycles. The van der Waals surface area contributed by atoms with Crippen LogP contribution in [-0.4, -0.2) is 36.5 Å². The van der Waals surface area contributed by atoms with E-state index in [9.17, 15) is 4.79 Å². The number of hydrogen-bond acceptors (Lipinski definition) is 3. The van der Waals surface area contributed by atoms with Gasteiger partial charge in [0.15, 0.2) is 0 Å². The summed E-state index contributed by atoms with van der Waals surface area (Å²) in [6.45, 7) is 7.99. The molecule has 0 aromatic rings. The van der Waals surface area contributed by atoms with E-state index in [4.69, 9.17) is 5.26 Å². The molecule has 0 radical (unpaired) electrons. The quantitative estimate of drug-likeness (QED) is 0.722. The van der Waals surface area contributed by atoms with Gasteiger partial charge in [0.1, 0.15) is 0 Å². The van der Waals surface area contributed by atoms with Gasteiger partial charge in [0.2, 0.25) is 5.91 Å². The van der Waals surface area contributed by atoms with Gasteiger partial charge in [0.05, 0.1) is 12.5 Å². The molecule has 0 atom stereocenters. The third kappa shape index (κ3) is 2.83. The van der Waals surface area contributed by atoms with Crippen molar-refractivity contribution in [1.82, 2.24) is 10.2 Å². The van der Waals surface area contributed by atoms with Gasteiger partial charge < -0.3 is 10.2 Å². The van der Waals surface area contributed by atoms with Crippen molar-refractivity contribution in [3.63, 3.8) is 0 Å². The van der Waals surface area contributed by atoms with Crippen LogP contribution in [0.15, 0.2) is 11.1 Å². The van der Waals surface area contributed by atoms with Gasteiger partial charge in [-0.05, 0) is 26.3 Å². The molecule has 88 valence electrons. The lowest BCUT2D eigenvalue weighted by atomic mass is 10.0. The Bertz CT molecular complexity index is 333. The molecule has 1 aliphatic rings. The minimum atomic E-state index is 0.0711. The van der Waals surface area contributed by atoms with E-state index in [2.05, 4.69) is 11.4 Å². The van der Waals surface area contributed by atoms with Crippen molar-refractivity contribution in [2.45, 2.75) is 33.2 Å². The molecule has 0 unspecified atom stereocenters. The van der Waals surface area contributed by atoms with Gasteiger partial charge in [-0.25, -0.2) is 0 Å². The molecule has 1 heterocycles. The summed E-state index contributed by atoms with van der Waals surface area (Å²) in [4.78, 5) is 13.9. The van der Waals surface area contributed by atoms with E-state index in [0.29, 0.717) is 13.0 Å². The normalized spacial score (nSPS) is 14.3. The van der Waals surface area contributed by atoms with Crippen LogP contribution in [0.25, 0.3) is 0 Å². The summed E-state index contributed by atoms with van der Waals surface area (Å²) in [5.74, 6) is 0.0711. The SMILES string of the molecule is CC(C(=O)N(CCC#N)C(C)C)=C1CNC1. The number of rotatable bonds is 4. The third-order valence-corrected chi connectivity index (χ3v) is 2.88. The molecule has 16 heavy (non-hydrogen) atoms. The lowest BCUT2D eigenvalue weighted by molar-refractivity contribution is -0.128. The summed E-state index contributed by atoms with van der Waals surface area (Å²) in [7, 11) is 0. The van der Waals surface area contributed by atoms with Crippen molar-refractivity contribution in [3.05, 3.63) is 11.1 Å². The van der Waals surface area contributed by atoms with Crippen molar-refractivity contribution in [3.8, 4) is 6.07 Å². The molecule has 4 heteroatoms.